The predicted octanol–water partition coefficient (Wildman–Crippen LogP) is 7.10. The number of hydrogen-bond acceptors (Lipinski definition) is 4. The first-order chi connectivity index (χ1) is 15.5. The molecule has 0 aromatic carbocycles. The van der Waals surface area contributed by atoms with Crippen LogP contribution >= 0.6 is 0 Å². The van der Waals surface area contributed by atoms with Crippen molar-refractivity contribution in [3.63, 3.8) is 0 Å². The molecule has 0 radical (unpaired) electrons. The zero-order valence-corrected chi connectivity index (χ0v) is 23.1. The van der Waals surface area contributed by atoms with E-state index in [4.69, 9.17) is 4.18 Å². The minimum atomic E-state index is -3.83. The summed E-state index contributed by atoms with van der Waals surface area (Å²) in [6.45, 7) is 15.4. The lowest BCUT2D eigenvalue weighted by atomic mass is 9.39. The summed E-state index contributed by atoms with van der Waals surface area (Å²) in [6, 6.07) is 0. The third kappa shape index (κ3) is 4.35. The number of hydrogen-bond donors (Lipinski definition) is 0. The lowest BCUT2D eigenvalue weighted by molar-refractivity contribution is -0.170. The highest BCUT2D eigenvalue weighted by molar-refractivity contribution is 7.81. The van der Waals surface area contributed by atoms with Crippen LogP contribution in [0.2, 0.25) is 0 Å². The van der Waals surface area contributed by atoms with Crippen molar-refractivity contribution in [1.29, 1.82) is 0 Å². The molecule has 4 aliphatic carbocycles. The summed E-state index contributed by atoms with van der Waals surface area (Å²) in [5, 5.41) is 0. The van der Waals surface area contributed by atoms with E-state index in [1.807, 2.05) is 0 Å². The van der Waals surface area contributed by atoms with E-state index >= 15 is 0 Å². The van der Waals surface area contributed by atoms with E-state index in [0.717, 1.165) is 55.0 Å². The van der Waals surface area contributed by atoms with Crippen LogP contribution in [-0.4, -0.2) is 22.1 Å². The standard InChI is InChI=1S/C28H50O4S/c1-8-21-20(4)26-23-10-9-22(19(3)13-16-32-33(29,30)31-7)27(23,5)15-12-24(26)28(6)14-11-18(2)17-25(21)28/h18-26H,8-17H2,1-7H3/t18?,19?,20?,21-,22?,23?,24?,25?,26?,27?,28?/m0/s1. The fourth-order valence-corrected chi connectivity index (χ4v) is 10.7. The largest absolute Gasteiger partial charge is 0.399 e. The molecule has 0 spiro atoms. The first-order valence-corrected chi connectivity index (χ1v) is 15.3. The van der Waals surface area contributed by atoms with Crippen molar-refractivity contribution >= 4 is 10.4 Å². The van der Waals surface area contributed by atoms with E-state index in [1.165, 1.54) is 51.4 Å². The number of fused-ring (bicyclic) bond motifs is 5. The fourth-order valence-electron chi connectivity index (χ4n) is 10.3. The fraction of sp³-hybridized carbons (Fsp3) is 1.00. The minimum absolute atomic E-state index is 0.229. The van der Waals surface area contributed by atoms with Crippen molar-refractivity contribution in [3.05, 3.63) is 0 Å². The Morgan fingerprint density at radius 1 is 0.970 bits per heavy atom. The average molecular weight is 483 g/mol. The zero-order chi connectivity index (χ0) is 24.2. The van der Waals surface area contributed by atoms with Gasteiger partial charge in [0.1, 0.15) is 0 Å². The molecule has 0 aliphatic heterocycles. The van der Waals surface area contributed by atoms with Gasteiger partial charge in [0.2, 0.25) is 0 Å². The van der Waals surface area contributed by atoms with Crippen molar-refractivity contribution in [2.45, 2.75) is 99.3 Å². The molecule has 0 aromatic heterocycles. The molecule has 4 rings (SSSR count). The topological polar surface area (TPSA) is 52.6 Å². The van der Waals surface area contributed by atoms with Crippen LogP contribution in [0.4, 0.5) is 0 Å². The highest BCUT2D eigenvalue weighted by atomic mass is 32.3. The molecular formula is C28H50O4S. The molecule has 0 bridgehead atoms. The maximum atomic E-state index is 11.6. The van der Waals surface area contributed by atoms with Gasteiger partial charge in [-0.3, -0.25) is 4.18 Å². The van der Waals surface area contributed by atoms with E-state index in [1.54, 1.807) is 0 Å². The Kier molecular flexibility index (Phi) is 7.38. The molecule has 0 heterocycles. The Morgan fingerprint density at radius 2 is 1.64 bits per heavy atom. The van der Waals surface area contributed by atoms with Crippen LogP contribution < -0.4 is 0 Å². The molecular weight excluding hydrogens is 432 g/mol. The molecule has 4 saturated carbocycles. The van der Waals surface area contributed by atoms with Gasteiger partial charge in [0.05, 0.1) is 13.7 Å². The average Bonchev–Trinajstić information content (AvgIpc) is 3.12. The summed E-state index contributed by atoms with van der Waals surface area (Å²) in [6.07, 6.45) is 11.9. The quantitative estimate of drug-likeness (QED) is 0.388. The van der Waals surface area contributed by atoms with E-state index in [9.17, 15) is 8.42 Å². The van der Waals surface area contributed by atoms with E-state index in [2.05, 4.69) is 45.7 Å². The SMILES string of the molecule is CC[C@H]1C(C)C2C3CCC(C(C)CCOS(=O)(=O)OC)C3(C)CCC2C2(C)CCC(C)CC12. The second-order valence-electron chi connectivity index (χ2n) is 13.1. The van der Waals surface area contributed by atoms with Gasteiger partial charge in [0.15, 0.2) is 0 Å². The molecule has 4 fully saturated rings. The first-order valence-electron chi connectivity index (χ1n) is 13.9. The Labute approximate surface area is 204 Å². The summed E-state index contributed by atoms with van der Waals surface area (Å²) < 4.78 is 32.6. The van der Waals surface area contributed by atoms with Crippen molar-refractivity contribution in [3.8, 4) is 0 Å². The molecule has 0 aromatic rings. The molecule has 0 amide bonds. The van der Waals surface area contributed by atoms with Crippen LogP contribution in [0.1, 0.15) is 99.3 Å². The van der Waals surface area contributed by atoms with E-state index < -0.39 is 10.4 Å². The lowest BCUT2D eigenvalue weighted by Gasteiger charge is -2.65. The number of rotatable bonds is 7. The minimum Gasteiger partial charge on any atom is -0.252 e. The van der Waals surface area contributed by atoms with Gasteiger partial charge in [0, 0.05) is 0 Å². The van der Waals surface area contributed by atoms with Gasteiger partial charge >= 0.3 is 10.4 Å². The van der Waals surface area contributed by atoms with Gasteiger partial charge in [-0.2, -0.15) is 8.42 Å². The van der Waals surface area contributed by atoms with Crippen molar-refractivity contribution in [2.24, 2.45) is 64.1 Å². The smallest absolute Gasteiger partial charge is 0.252 e. The first kappa shape index (κ1) is 25.9. The molecule has 4 nitrogen and oxygen atoms in total. The zero-order valence-electron chi connectivity index (χ0n) is 22.3. The highest BCUT2D eigenvalue weighted by Gasteiger charge is 2.63. The van der Waals surface area contributed by atoms with Crippen LogP contribution in [-0.2, 0) is 18.8 Å². The van der Waals surface area contributed by atoms with Crippen molar-refractivity contribution < 1.29 is 16.8 Å². The molecule has 0 saturated heterocycles. The maximum absolute atomic E-state index is 11.6. The van der Waals surface area contributed by atoms with Crippen LogP contribution in [0, 0.1) is 64.1 Å². The summed E-state index contributed by atoms with van der Waals surface area (Å²) in [7, 11) is -2.67. The maximum Gasteiger partial charge on any atom is 0.399 e. The Hall–Kier alpha value is -0.130. The van der Waals surface area contributed by atoms with Crippen LogP contribution in [0.25, 0.3) is 0 Å². The van der Waals surface area contributed by atoms with Crippen molar-refractivity contribution in [2.75, 3.05) is 13.7 Å². The molecule has 192 valence electrons. The van der Waals surface area contributed by atoms with Gasteiger partial charge in [-0.15, -0.1) is 0 Å². The molecule has 0 N–H and O–H groups in total. The molecule has 11 atom stereocenters. The summed E-state index contributed by atoms with van der Waals surface area (Å²) in [4.78, 5) is 0. The summed E-state index contributed by atoms with van der Waals surface area (Å²) in [5.41, 5.74) is 0.927. The van der Waals surface area contributed by atoms with Gasteiger partial charge < -0.3 is 0 Å². The van der Waals surface area contributed by atoms with Gasteiger partial charge in [-0.1, -0.05) is 54.4 Å². The predicted molar refractivity (Wildman–Crippen MR) is 134 cm³/mol. The third-order valence-corrected chi connectivity index (χ3v) is 12.8. The Balaban J connectivity index is 1.53. The van der Waals surface area contributed by atoms with Crippen LogP contribution in [0.5, 0.6) is 0 Å². The van der Waals surface area contributed by atoms with Gasteiger partial charge in [-0.05, 0) is 109 Å². The lowest BCUT2D eigenvalue weighted by Crippen LogP contribution is -2.59. The Bertz CT molecular complexity index is 796. The summed E-state index contributed by atoms with van der Waals surface area (Å²) >= 11 is 0. The van der Waals surface area contributed by atoms with E-state index in [-0.39, 0.29) is 6.61 Å². The molecule has 4 aliphatic rings. The highest BCUT2D eigenvalue weighted by Crippen LogP contribution is 2.71. The summed E-state index contributed by atoms with van der Waals surface area (Å²) in [5.74, 6) is 7.26. The van der Waals surface area contributed by atoms with E-state index in [0.29, 0.717) is 22.7 Å². The van der Waals surface area contributed by atoms with Crippen molar-refractivity contribution in [1.82, 2.24) is 0 Å². The second-order valence-corrected chi connectivity index (χ2v) is 14.5. The molecule has 33 heavy (non-hydrogen) atoms. The Morgan fingerprint density at radius 3 is 2.30 bits per heavy atom. The second kappa shape index (κ2) is 9.39. The van der Waals surface area contributed by atoms with Crippen LogP contribution in [0.3, 0.4) is 0 Å². The van der Waals surface area contributed by atoms with Gasteiger partial charge in [-0.25, -0.2) is 4.18 Å². The normalized spacial score (nSPS) is 48.6. The third-order valence-electron chi connectivity index (χ3n) is 11.9. The van der Waals surface area contributed by atoms with Crippen LogP contribution in [0.15, 0.2) is 0 Å². The molecule has 5 heteroatoms. The van der Waals surface area contributed by atoms with Gasteiger partial charge in [0.25, 0.3) is 0 Å². The molecule has 10 unspecified atom stereocenters. The monoisotopic (exact) mass is 482 g/mol.